The van der Waals surface area contributed by atoms with Gasteiger partial charge in [-0.2, -0.15) is 18.4 Å². The second-order valence-electron chi connectivity index (χ2n) is 4.65. The highest BCUT2D eigenvalue weighted by Gasteiger charge is 2.42. The van der Waals surface area contributed by atoms with Crippen LogP contribution in [0.15, 0.2) is 12.4 Å². The van der Waals surface area contributed by atoms with Crippen LogP contribution in [0.3, 0.4) is 0 Å². The quantitative estimate of drug-likeness (QED) is 0.897. The molecule has 0 aliphatic heterocycles. The van der Waals surface area contributed by atoms with E-state index in [0.717, 1.165) is 0 Å². The first-order valence-electron chi connectivity index (χ1n) is 6.04. The molecule has 2 rings (SSSR count). The van der Waals surface area contributed by atoms with Crippen LogP contribution in [0.2, 0.25) is 0 Å². The average molecular weight is 270 g/mol. The molecular formula is C12H13F3N4. The number of nitriles is 1. The Bertz CT molecular complexity index is 463. The van der Waals surface area contributed by atoms with Crippen LogP contribution in [-0.2, 0) is 0 Å². The van der Waals surface area contributed by atoms with E-state index < -0.39 is 12.1 Å². The van der Waals surface area contributed by atoms with Crippen molar-refractivity contribution in [1.29, 1.82) is 5.26 Å². The number of aromatic nitrogens is 2. The Morgan fingerprint density at radius 3 is 2.63 bits per heavy atom. The summed E-state index contributed by atoms with van der Waals surface area (Å²) in [7, 11) is 0. The average Bonchev–Trinajstić information content (AvgIpc) is 2.39. The molecule has 2 atom stereocenters. The van der Waals surface area contributed by atoms with Gasteiger partial charge in [0.25, 0.3) is 0 Å². The monoisotopic (exact) mass is 270 g/mol. The van der Waals surface area contributed by atoms with E-state index in [1.807, 2.05) is 6.07 Å². The van der Waals surface area contributed by atoms with E-state index >= 15 is 0 Å². The van der Waals surface area contributed by atoms with Crippen LogP contribution in [0.5, 0.6) is 0 Å². The van der Waals surface area contributed by atoms with Crippen LogP contribution in [0.25, 0.3) is 0 Å². The Balaban J connectivity index is 1.97. The molecule has 0 amide bonds. The molecule has 1 aliphatic carbocycles. The number of anilines is 1. The van der Waals surface area contributed by atoms with Gasteiger partial charge in [0.15, 0.2) is 5.69 Å². The number of rotatable bonds is 2. The summed E-state index contributed by atoms with van der Waals surface area (Å²) in [5.74, 6) is -0.836. The lowest BCUT2D eigenvalue weighted by molar-refractivity contribution is -0.182. The Labute approximate surface area is 108 Å². The van der Waals surface area contributed by atoms with Crippen molar-refractivity contribution < 1.29 is 13.2 Å². The SMILES string of the molecule is N#Cc1cnc(NC2CCCC(C(F)(F)F)C2)cn1. The zero-order valence-electron chi connectivity index (χ0n) is 10.1. The second-order valence-corrected chi connectivity index (χ2v) is 4.65. The third kappa shape index (κ3) is 3.56. The van der Waals surface area contributed by atoms with E-state index in [0.29, 0.717) is 18.7 Å². The molecule has 0 bridgehead atoms. The minimum absolute atomic E-state index is 0.0607. The molecule has 19 heavy (non-hydrogen) atoms. The molecule has 1 fully saturated rings. The van der Waals surface area contributed by atoms with Crippen molar-refractivity contribution in [3.63, 3.8) is 0 Å². The molecule has 1 aliphatic rings. The molecule has 0 saturated heterocycles. The van der Waals surface area contributed by atoms with Crippen molar-refractivity contribution in [3.8, 4) is 6.07 Å². The van der Waals surface area contributed by atoms with Gasteiger partial charge in [0.1, 0.15) is 11.9 Å². The van der Waals surface area contributed by atoms with E-state index in [2.05, 4.69) is 15.3 Å². The third-order valence-electron chi connectivity index (χ3n) is 3.26. The first-order valence-corrected chi connectivity index (χ1v) is 6.04. The topological polar surface area (TPSA) is 61.6 Å². The van der Waals surface area contributed by atoms with Crippen molar-refractivity contribution in [2.75, 3.05) is 5.32 Å². The Morgan fingerprint density at radius 1 is 1.26 bits per heavy atom. The third-order valence-corrected chi connectivity index (χ3v) is 3.26. The first kappa shape index (κ1) is 13.6. The van der Waals surface area contributed by atoms with Gasteiger partial charge in [0.2, 0.25) is 0 Å². The van der Waals surface area contributed by atoms with Gasteiger partial charge in [0, 0.05) is 6.04 Å². The Morgan fingerprint density at radius 2 is 2.05 bits per heavy atom. The van der Waals surface area contributed by atoms with Crippen LogP contribution >= 0.6 is 0 Å². The molecule has 1 saturated carbocycles. The summed E-state index contributed by atoms with van der Waals surface area (Å²) in [5.41, 5.74) is 0.183. The standard InChI is InChI=1S/C12H13F3N4/c13-12(14,15)8-2-1-3-9(4-8)19-11-7-17-10(5-16)6-18-11/h6-9H,1-4H2,(H,18,19). The minimum atomic E-state index is -4.13. The molecular weight excluding hydrogens is 257 g/mol. The van der Waals surface area contributed by atoms with Crippen molar-refractivity contribution in [2.45, 2.75) is 37.9 Å². The van der Waals surface area contributed by atoms with Gasteiger partial charge in [-0.25, -0.2) is 9.97 Å². The molecule has 2 unspecified atom stereocenters. The largest absolute Gasteiger partial charge is 0.391 e. The lowest BCUT2D eigenvalue weighted by Gasteiger charge is -2.31. The van der Waals surface area contributed by atoms with Crippen LogP contribution < -0.4 is 5.32 Å². The van der Waals surface area contributed by atoms with E-state index in [1.165, 1.54) is 12.4 Å². The highest BCUT2D eigenvalue weighted by molar-refractivity contribution is 5.34. The number of alkyl halides is 3. The number of halogens is 3. The van der Waals surface area contributed by atoms with E-state index in [9.17, 15) is 13.2 Å². The summed E-state index contributed by atoms with van der Waals surface area (Å²) < 4.78 is 38.0. The zero-order chi connectivity index (χ0) is 13.9. The molecule has 0 spiro atoms. The fourth-order valence-corrected chi connectivity index (χ4v) is 2.29. The summed E-state index contributed by atoms with van der Waals surface area (Å²) in [6.07, 6.45) is 0.0323. The van der Waals surface area contributed by atoms with Gasteiger partial charge in [-0.1, -0.05) is 6.42 Å². The zero-order valence-corrected chi connectivity index (χ0v) is 10.1. The highest BCUT2D eigenvalue weighted by atomic mass is 19.4. The molecule has 0 aromatic carbocycles. The second kappa shape index (κ2) is 5.43. The molecule has 7 heteroatoms. The normalized spacial score (nSPS) is 23.7. The molecule has 1 N–H and O–H groups in total. The van der Waals surface area contributed by atoms with Gasteiger partial charge in [-0.15, -0.1) is 0 Å². The number of nitrogens with one attached hydrogen (secondary N) is 1. The maximum atomic E-state index is 12.7. The maximum Gasteiger partial charge on any atom is 0.391 e. The predicted molar refractivity (Wildman–Crippen MR) is 62.2 cm³/mol. The van der Waals surface area contributed by atoms with Crippen LogP contribution in [0, 0.1) is 17.2 Å². The van der Waals surface area contributed by atoms with Crippen molar-refractivity contribution in [2.24, 2.45) is 5.92 Å². The number of hydrogen-bond donors (Lipinski definition) is 1. The highest BCUT2D eigenvalue weighted by Crippen LogP contribution is 2.38. The van der Waals surface area contributed by atoms with Gasteiger partial charge in [-0.05, 0) is 19.3 Å². The van der Waals surface area contributed by atoms with Crippen molar-refractivity contribution in [1.82, 2.24) is 9.97 Å². The first-order chi connectivity index (χ1) is 8.99. The number of hydrogen-bond acceptors (Lipinski definition) is 4. The minimum Gasteiger partial charge on any atom is -0.366 e. The molecule has 102 valence electrons. The summed E-state index contributed by atoms with van der Waals surface area (Å²) in [5, 5.41) is 11.5. The molecule has 1 heterocycles. The smallest absolute Gasteiger partial charge is 0.366 e. The maximum absolute atomic E-state index is 12.7. The molecule has 0 radical (unpaired) electrons. The van der Waals surface area contributed by atoms with Crippen LogP contribution in [-0.4, -0.2) is 22.2 Å². The fraction of sp³-hybridized carbons (Fsp3) is 0.583. The van der Waals surface area contributed by atoms with E-state index in [4.69, 9.17) is 5.26 Å². The van der Waals surface area contributed by atoms with Gasteiger partial charge in [-0.3, -0.25) is 0 Å². The van der Waals surface area contributed by atoms with Crippen molar-refractivity contribution in [3.05, 3.63) is 18.1 Å². The lowest BCUT2D eigenvalue weighted by atomic mass is 9.85. The summed E-state index contributed by atoms with van der Waals surface area (Å²) >= 11 is 0. The summed E-state index contributed by atoms with van der Waals surface area (Å²) in [6.45, 7) is 0. The summed E-state index contributed by atoms with van der Waals surface area (Å²) in [4.78, 5) is 7.78. The summed E-state index contributed by atoms with van der Waals surface area (Å²) in [6, 6.07) is 1.59. The lowest BCUT2D eigenvalue weighted by Crippen LogP contribution is -2.34. The molecule has 4 nitrogen and oxygen atoms in total. The fourth-order valence-electron chi connectivity index (χ4n) is 2.29. The predicted octanol–water partition coefficient (Wildman–Crippen LogP) is 2.88. The Kier molecular flexibility index (Phi) is 3.88. The molecule has 1 aromatic heterocycles. The van der Waals surface area contributed by atoms with Crippen molar-refractivity contribution >= 4 is 5.82 Å². The van der Waals surface area contributed by atoms with E-state index in [1.54, 1.807) is 0 Å². The van der Waals surface area contributed by atoms with Crippen LogP contribution in [0.1, 0.15) is 31.4 Å². The van der Waals surface area contributed by atoms with E-state index in [-0.39, 0.29) is 24.6 Å². The van der Waals surface area contributed by atoms with Gasteiger partial charge >= 0.3 is 6.18 Å². The van der Waals surface area contributed by atoms with Gasteiger partial charge in [0.05, 0.1) is 18.3 Å². The molecule has 1 aromatic rings. The number of nitrogens with zero attached hydrogens (tertiary/aromatic N) is 3. The Hall–Kier alpha value is -1.84. The van der Waals surface area contributed by atoms with Crippen LogP contribution in [0.4, 0.5) is 19.0 Å². The van der Waals surface area contributed by atoms with Gasteiger partial charge < -0.3 is 5.32 Å².